The Bertz CT molecular complexity index is 1060. The molecule has 2 heterocycles. The van der Waals surface area contributed by atoms with Gasteiger partial charge in [-0.1, -0.05) is 42.0 Å². The molecule has 25 heavy (non-hydrogen) atoms. The maximum Gasteiger partial charge on any atom is 0.195 e. The zero-order chi connectivity index (χ0) is 17.4. The van der Waals surface area contributed by atoms with Crippen LogP contribution in [0.4, 0.5) is 0 Å². The monoisotopic (exact) mass is 348 g/mol. The third kappa shape index (κ3) is 2.53. The number of hydrogen-bond donors (Lipinski definition) is 0. The highest BCUT2D eigenvalue weighted by atomic mass is 32.1. The van der Waals surface area contributed by atoms with Crippen molar-refractivity contribution in [2.45, 2.75) is 6.92 Å². The average molecular weight is 348 g/mol. The Morgan fingerprint density at radius 2 is 1.88 bits per heavy atom. The molecule has 0 aliphatic carbocycles. The fourth-order valence-electron chi connectivity index (χ4n) is 2.95. The lowest BCUT2D eigenvalue weighted by Gasteiger charge is -2.07. The molecule has 4 aromatic rings. The molecule has 0 N–H and O–H groups in total. The van der Waals surface area contributed by atoms with Gasteiger partial charge in [-0.15, -0.1) is 11.3 Å². The van der Waals surface area contributed by atoms with Crippen LogP contribution in [-0.2, 0) is 0 Å². The second-order valence-electron chi connectivity index (χ2n) is 5.77. The molecule has 0 radical (unpaired) electrons. The number of para-hydroxylation sites is 1. The number of fused-ring (bicyclic) bond motifs is 1. The van der Waals surface area contributed by atoms with E-state index in [1.807, 2.05) is 34.0 Å². The normalized spacial score (nSPS) is 11.0. The number of aldehydes is 1. The van der Waals surface area contributed by atoms with Crippen molar-refractivity contribution in [3.8, 4) is 28.3 Å². The number of aromatic nitrogens is 2. The van der Waals surface area contributed by atoms with Crippen molar-refractivity contribution in [2.24, 2.45) is 0 Å². The van der Waals surface area contributed by atoms with E-state index in [4.69, 9.17) is 9.72 Å². The molecule has 2 aromatic heterocycles. The van der Waals surface area contributed by atoms with Crippen molar-refractivity contribution in [2.75, 3.05) is 7.11 Å². The van der Waals surface area contributed by atoms with Crippen molar-refractivity contribution < 1.29 is 9.53 Å². The van der Waals surface area contributed by atoms with Gasteiger partial charge in [0.2, 0.25) is 0 Å². The molecule has 2 aromatic carbocycles. The highest BCUT2D eigenvalue weighted by molar-refractivity contribution is 7.15. The van der Waals surface area contributed by atoms with Crippen LogP contribution in [0.3, 0.4) is 0 Å². The molecule has 0 aliphatic rings. The van der Waals surface area contributed by atoms with Crippen molar-refractivity contribution in [1.29, 1.82) is 0 Å². The van der Waals surface area contributed by atoms with Crippen LogP contribution in [0.25, 0.3) is 27.5 Å². The first-order chi connectivity index (χ1) is 12.2. The highest BCUT2D eigenvalue weighted by Crippen LogP contribution is 2.35. The minimum Gasteiger partial charge on any atom is -0.496 e. The third-order valence-corrected chi connectivity index (χ3v) is 5.05. The minimum absolute atomic E-state index is 0.538. The Morgan fingerprint density at radius 3 is 2.60 bits per heavy atom. The number of carbonyl (C=O) groups excluding carboxylic acids is 1. The third-order valence-electron chi connectivity index (χ3n) is 4.22. The van der Waals surface area contributed by atoms with E-state index in [1.54, 1.807) is 7.11 Å². The summed E-state index contributed by atoms with van der Waals surface area (Å²) < 4.78 is 7.36. The number of hydrogen-bond acceptors (Lipinski definition) is 4. The molecule has 4 nitrogen and oxygen atoms in total. The lowest BCUT2D eigenvalue weighted by atomic mass is 10.1. The zero-order valence-electron chi connectivity index (χ0n) is 13.9. The summed E-state index contributed by atoms with van der Waals surface area (Å²) in [4.78, 5) is 17.4. The lowest BCUT2D eigenvalue weighted by Crippen LogP contribution is -1.95. The summed E-state index contributed by atoms with van der Waals surface area (Å²) >= 11 is 1.52. The van der Waals surface area contributed by atoms with Gasteiger partial charge in [0.05, 0.1) is 12.8 Å². The molecule has 0 aliphatic heterocycles. The summed E-state index contributed by atoms with van der Waals surface area (Å²) in [6, 6.07) is 15.9. The first-order valence-electron chi connectivity index (χ1n) is 7.88. The topological polar surface area (TPSA) is 43.6 Å². The van der Waals surface area contributed by atoms with Crippen molar-refractivity contribution in [3.05, 3.63) is 65.2 Å². The van der Waals surface area contributed by atoms with E-state index < -0.39 is 0 Å². The van der Waals surface area contributed by atoms with Gasteiger partial charge < -0.3 is 4.74 Å². The highest BCUT2D eigenvalue weighted by Gasteiger charge is 2.20. The Balaban J connectivity index is 1.97. The molecular weight excluding hydrogens is 332 g/mol. The summed E-state index contributed by atoms with van der Waals surface area (Å²) in [5.74, 6) is 0.702. The largest absolute Gasteiger partial charge is 0.496 e. The summed E-state index contributed by atoms with van der Waals surface area (Å²) in [6.45, 7) is 2.06. The summed E-state index contributed by atoms with van der Waals surface area (Å²) in [6.07, 6.45) is 0.867. The number of benzene rings is 2. The van der Waals surface area contributed by atoms with Crippen LogP contribution in [0.5, 0.6) is 5.75 Å². The number of imidazole rings is 1. The molecule has 0 amide bonds. The van der Waals surface area contributed by atoms with Gasteiger partial charge in [-0.2, -0.15) is 0 Å². The first kappa shape index (κ1) is 15.6. The predicted octanol–water partition coefficient (Wildman–Crippen LogP) is 4.86. The minimum atomic E-state index is 0.538. The first-order valence-corrected chi connectivity index (χ1v) is 8.76. The molecule has 0 spiro atoms. The second kappa shape index (κ2) is 6.18. The van der Waals surface area contributed by atoms with Gasteiger partial charge in [-0.3, -0.25) is 9.20 Å². The van der Waals surface area contributed by atoms with E-state index in [-0.39, 0.29) is 0 Å². The van der Waals surface area contributed by atoms with Gasteiger partial charge in [-0.05, 0) is 24.6 Å². The molecule has 0 fully saturated rings. The molecule has 0 unspecified atom stereocenters. The van der Waals surface area contributed by atoms with Crippen LogP contribution in [0, 0.1) is 6.92 Å². The van der Waals surface area contributed by atoms with E-state index in [0.29, 0.717) is 17.1 Å². The van der Waals surface area contributed by atoms with Gasteiger partial charge in [0, 0.05) is 10.9 Å². The van der Waals surface area contributed by atoms with Gasteiger partial charge in [-0.25, -0.2) is 4.98 Å². The van der Waals surface area contributed by atoms with Crippen LogP contribution in [0.2, 0.25) is 0 Å². The maximum atomic E-state index is 11.9. The van der Waals surface area contributed by atoms with Gasteiger partial charge in [0.25, 0.3) is 0 Å². The standard InChI is InChI=1S/C20H16N2O2S/c1-13-7-9-14(10-8-13)17-12-25-20-21-19(16(11-23)22(17)20)15-5-3-4-6-18(15)24-2/h3-12H,1-2H3. The summed E-state index contributed by atoms with van der Waals surface area (Å²) in [5.41, 5.74) is 5.23. The van der Waals surface area contributed by atoms with E-state index in [0.717, 1.165) is 28.1 Å². The van der Waals surface area contributed by atoms with Crippen molar-refractivity contribution in [1.82, 2.24) is 9.38 Å². The number of methoxy groups -OCH3 is 1. The predicted molar refractivity (Wildman–Crippen MR) is 101 cm³/mol. The van der Waals surface area contributed by atoms with Crippen LogP contribution >= 0.6 is 11.3 Å². The number of carbonyl (C=O) groups is 1. The maximum absolute atomic E-state index is 11.9. The molecule has 5 heteroatoms. The SMILES string of the molecule is COc1ccccc1-c1nc2scc(-c3ccc(C)cc3)n2c1C=O. The smallest absolute Gasteiger partial charge is 0.195 e. The summed E-state index contributed by atoms with van der Waals surface area (Å²) in [7, 11) is 1.62. The Morgan fingerprint density at radius 1 is 1.12 bits per heavy atom. The molecule has 0 bridgehead atoms. The Labute approximate surface area is 149 Å². The molecule has 0 saturated carbocycles. The molecule has 0 atom stereocenters. The number of ether oxygens (including phenoxy) is 1. The number of thiazole rings is 1. The fourth-order valence-corrected chi connectivity index (χ4v) is 3.86. The molecule has 124 valence electrons. The average Bonchev–Trinajstić information content (AvgIpc) is 3.21. The number of aryl methyl sites for hydroxylation is 1. The van der Waals surface area contributed by atoms with E-state index in [9.17, 15) is 4.79 Å². The van der Waals surface area contributed by atoms with Crippen LogP contribution in [0.15, 0.2) is 53.9 Å². The van der Waals surface area contributed by atoms with E-state index >= 15 is 0 Å². The van der Waals surface area contributed by atoms with Crippen LogP contribution in [-0.4, -0.2) is 22.8 Å². The van der Waals surface area contributed by atoms with Crippen LogP contribution in [0.1, 0.15) is 16.1 Å². The van der Waals surface area contributed by atoms with E-state index in [1.165, 1.54) is 16.9 Å². The molecule has 0 saturated heterocycles. The fraction of sp³-hybridized carbons (Fsp3) is 0.100. The van der Waals surface area contributed by atoms with Gasteiger partial charge in [0.1, 0.15) is 17.1 Å². The quantitative estimate of drug-likeness (QED) is 0.495. The van der Waals surface area contributed by atoms with Crippen molar-refractivity contribution in [3.63, 3.8) is 0 Å². The Hall–Kier alpha value is -2.92. The molecule has 4 rings (SSSR count). The van der Waals surface area contributed by atoms with E-state index in [2.05, 4.69) is 31.2 Å². The van der Waals surface area contributed by atoms with Gasteiger partial charge >= 0.3 is 0 Å². The van der Waals surface area contributed by atoms with Crippen molar-refractivity contribution >= 4 is 22.6 Å². The Kier molecular flexibility index (Phi) is 3.86. The molecular formula is C20H16N2O2S. The zero-order valence-corrected chi connectivity index (χ0v) is 14.7. The van der Waals surface area contributed by atoms with Crippen LogP contribution < -0.4 is 4.74 Å². The number of nitrogens with zero attached hydrogens (tertiary/aromatic N) is 2. The lowest BCUT2D eigenvalue weighted by molar-refractivity contribution is 0.111. The number of rotatable bonds is 4. The van der Waals surface area contributed by atoms with Gasteiger partial charge in [0.15, 0.2) is 11.2 Å². The second-order valence-corrected chi connectivity index (χ2v) is 6.61. The summed E-state index contributed by atoms with van der Waals surface area (Å²) in [5, 5.41) is 2.03.